The van der Waals surface area contributed by atoms with Gasteiger partial charge in [-0.15, -0.1) is 0 Å². The van der Waals surface area contributed by atoms with Gasteiger partial charge in [-0.2, -0.15) is 0 Å². The van der Waals surface area contributed by atoms with E-state index in [1.165, 1.54) is 0 Å². The fraction of sp³-hybridized carbons (Fsp3) is 0.0588. The van der Waals surface area contributed by atoms with Crippen molar-refractivity contribution in [1.82, 2.24) is 4.98 Å². The number of fused-ring (bicyclic) bond motifs is 1. The van der Waals surface area contributed by atoms with Crippen LogP contribution in [0.3, 0.4) is 0 Å². The molecule has 1 N–H and O–H groups in total. The molecule has 1 aromatic heterocycles. The van der Waals surface area contributed by atoms with E-state index in [4.69, 9.17) is 23.2 Å². The summed E-state index contributed by atoms with van der Waals surface area (Å²) < 4.78 is 0. The van der Waals surface area contributed by atoms with Crippen LogP contribution in [-0.4, -0.2) is 10.9 Å². The second-order valence-electron chi connectivity index (χ2n) is 4.88. The van der Waals surface area contributed by atoms with Crippen molar-refractivity contribution in [2.75, 3.05) is 5.32 Å². The number of nitrogens with zero attached hydrogens (tertiary/aromatic N) is 1. The lowest BCUT2D eigenvalue weighted by Gasteiger charge is -2.12. The summed E-state index contributed by atoms with van der Waals surface area (Å²) >= 11 is 12.4. The summed E-state index contributed by atoms with van der Waals surface area (Å²) in [4.78, 5) is 16.8. The summed E-state index contributed by atoms with van der Waals surface area (Å²) in [5.41, 5.74) is 2.52. The van der Waals surface area contributed by atoms with Gasteiger partial charge in [-0.3, -0.25) is 9.78 Å². The molecule has 0 saturated carbocycles. The Morgan fingerprint density at radius 3 is 2.64 bits per heavy atom. The van der Waals surface area contributed by atoms with E-state index in [1.807, 2.05) is 31.2 Å². The fourth-order valence-electron chi connectivity index (χ4n) is 2.30. The fourth-order valence-corrected chi connectivity index (χ4v) is 2.86. The molecule has 0 unspecified atom stereocenters. The van der Waals surface area contributed by atoms with Crippen molar-refractivity contribution < 1.29 is 4.79 Å². The van der Waals surface area contributed by atoms with Gasteiger partial charge in [0, 0.05) is 17.1 Å². The number of anilines is 1. The summed E-state index contributed by atoms with van der Waals surface area (Å²) in [6.07, 6.45) is 1.64. The number of aryl methyl sites for hydroxylation is 1. The molecule has 0 bridgehead atoms. The monoisotopic (exact) mass is 330 g/mol. The van der Waals surface area contributed by atoms with Gasteiger partial charge in [0.15, 0.2) is 0 Å². The van der Waals surface area contributed by atoms with Crippen LogP contribution in [0.15, 0.2) is 48.7 Å². The van der Waals surface area contributed by atoms with E-state index < -0.39 is 0 Å². The van der Waals surface area contributed by atoms with Gasteiger partial charge in [-0.1, -0.05) is 41.4 Å². The maximum absolute atomic E-state index is 12.5. The van der Waals surface area contributed by atoms with E-state index in [9.17, 15) is 4.79 Å². The number of pyridine rings is 1. The first-order chi connectivity index (χ1) is 10.6. The SMILES string of the molecule is Cc1ccccc1C(=O)Nc1c(Cl)cc(Cl)c2cccnc12. The summed E-state index contributed by atoms with van der Waals surface area (Å²) in [5, 5.41) is 4.45. The first-order valence-electron chi connectivity index (χ1n) is 6.67. The molecule has 2 aromatic carbocycles. The Kier molecular flexibility index (Phi) is 4.01. The Morgan fingerprint density at radius 1 is 1.09 bits per heavy atom. The second kappa shape index (κ2) is 5.95. The number of amides is 1. The molecule has 0 spiro atoms. The molecule has 1 amide bonds. The number of nitrogens with one attached hydrogen (secondary N) is 1. The number of halogens is 2. The molecule has 0 aliphatic carbocycles. The van der Waals surface area contributed by atoms with Gasteiger partial charge >= 0.3 is 0 Å². The summed E-state index contributed by atoms with van der Waals surface area (Å²) in [5.74, 6) is -0.228. The van der Waals surface area contributed by atoms with E-state index in [1.54, 1.807) is 24.4 Å². The van der Waals surface area contributed by atoms with Crippen LogP contribution < -0.4 is 5.32 Å². The van der Waals surface area contributed by atoms with Crippen LogP contribution in [0.25, 0.3) is 10.9 Å². The van der Waals surface area contributed by atoms with Gasteiger partial charge in [0.05, 0.1) is 21.2 Å². The second-order valence-corrected chi connectivity index (χ2v) is 5.70. The van der Waals surface area contributed by atoms with E-state index in [-0.39, 0.29) is 5.91 Å². The molecule has 0 atom stereocenters. The minimum absolute atomic E-state index is 0.228. The third kappa shape index (κ3) is 2.65. The lowest BCUT2D eigenvalue weighted by Crippen LogP contribution is -2.14. The Hall–Kier alpha value is -2.10. The predicted molar refractivity (Wildman–Crippen MR) is 90.9 cm³/mol. The third-order valence-electron chi connectivity index (χ3n) is 3.42. The average Bonchev–Trinajstić information content (AvgIpc) is 2.51. The molecule has 22 heavy (non-hydrogen) atoms. The van der Waals surface area contributed by atoms with Crippen molar-refractivity contribution >= 4 is 45.7 Å². The van der Waals surface area contributed by atoms with Crippen molar-refractivity contribution in [3.8, 4) is 0 Å². The molecule has 3 aromatic rings. The topological polar surface area (TPSA) is 42.0 Å². The van der Waals surface area contributed by atoms with Crippen LogP contribution in [0.5, 0.6) is 0 Å². The van der Waals surface area contributed by atoms with Gasteiger partial charge in [-0.05, 0) is 36.8 Å². The summed E-state index contributed by atoms with van der Waals surface area (Å²) in [6.45, 7) is 1.88. The molecule has 3 nitrogen and oxygen atoms in total. The lowest BCUT2D eigenvalue weighted by atomic mass is 10.1. The van der Waals surface area contributed by atoms with E-state index >= 15 is 0 Å². The number of hydrogen-bond acceptors (Lipinski definition) is 2. The van der Waals surface area contributed by atoms with Gasteiger partial charge < -0.3 is 5.32 Å². The van der Waals surface area contributed by atoms with Crippen molar-refractivity contribution in [2.45, 2.75) is 6.92 Å². The molecule has 3 rings (SSSR count). The minimum Gasteiger partial charge on any atom is -0.319 e. The maximum Gasteiger partial charge on any atom is 0.256 e. The Bertz CT molecular complexity index is 878. The Labute approximate surface area is 137 Å². The number of carbonyl (C=O) groups is 1. The van der Waals surface area contributed by atoms with Gasteiger partial charge in [0.1, 0.15) is 0 Å². The van der Waals surface area contributed by atoms with Crippen LogP contribution in [0, 0.1) is 6.92 Å². The number of carbonyl (C=O) groups excluding carboxylic acids is 1. The van der Waals surface area contributed by atoms with Gasteiger partial charge in [-0.25, -0.2) is 0 Å². The van der Waals surface area contributed by atoms with Crippen LogP contribution in [0.1, 0.15) is 15.9 Å². The lowest BCUT2D eigenvalue weighted by molar-refractivity contribution is 0.102. The zero-order valence-corrected chi connectivity index (χ0v) is 13.2. The summed E-state index contributed by atoms with van der Waals surface area (Å²) in [7, 11) is 0. The molecule has 0 aliphatic rings. The summed E-state index contributed by atoms with van der Waals surface area (Å²) in [6, 6.07) is 12.6. The molecular weight excluding hydrogens is 319 g/mol. The molecule has 110 valence electrons. The highest BCUT2D eigenvalue weighted by molar-refractivity contribution is 6.41. The average molecular weight is 331 g/mol. The van der Waals surface area contributed by atoms with E-state index in [0.29, 0.717) is 26.8 Å². The normalized spacial score (nSPS) is 10.7. The van der Waals surface area contributed by atoms with Crippen LogP contribution in [-0.2, 0) is 0 Å². The standard InChI is InChI=1S/C17H12Cl2N2O/c1-10-5-2-3-6-11(10)17(22)21-16-14(19)9-13(18)12-7-4-8-20-15(12)16/h2-9H,1H3,(H,21,22). The first-order valence-corrected chi connectivity index (χ1v) is 7.43. The molecule has 0 fully saturated rings. The van der Waals surface area contributed by atoms with Crippen LogP contribution in [0.2, 0.25) is 10.0 Å². The Balaban J connectivity index is 2.08. The number of aromatic nitrogens is 1. The zero-order valence-electron chi connectivity index (χ0n) is 11.7. The largest absolute Gasteiger partial charge is 0.319 e. The molecule has 1 heterocycles. The first kappa shape index (κ1) is 14.8. The number of rotatable bonds is 2. The quantitative estimate of drug-likeness (QED) is 0.710. The number of hydrogen-bond donors (Lipinski definition) is 1. The smallest absolute Gasteiger partial charge is 0.256 e. The Morgan fingerprint density at radius 2 is 1.86 bits per heavy atom. The van der Waals surface area contributed by atoms with Crippen LogP contribution in [0.4, 0.5) is 5.69 Å². The minimum atomic E-state index is -0.228. The predicted octanol–water partition coefficient (Wildman–Crippen LogP) is 5.10. The molecule has 0 radical (unpaired) electrons. The van der Waals surface area contributed by atoms with Crippen molar-refractivity contribution in [3.63, 3.8) is 0 Å². The highest BCUT2D eigenvalue weighted by atomic mass is 35.5. The molecular formula is C17H12Cl2N2O. The maximum atomic E-state index is 12.5. The van der Waals surface area contributed by atoms with Gasteiger partial charge in [0.2, 0.25) is 0 Å². The van der Waals surface area contributed by atoms with E-state index in [0.717, 1.165) is 10.9 Å². The van der Waals surface area contributed by atoms with Crippen molar-refractivity contribution in [3.05, 3.63) is 69.8 Å². The van der Waals surface area contributed by atoms with Crippen molar-refractivity contribution in [2.24, 2.45) is 0 Å². The molecule has 0 saturated heterocycles. The highest BCUT2D eigenvalue weighted by Crippen LogP contribution is 2.35. The van der Waals surface area contributed by atoms with Gasteiger partial charge in [0.25, 0.3) is 5.91 Å². The third-order valence-corrected chi connectivity index (χ3v) is 4.03. The van der Waals surface area contributed by atoms with Crippen molar-refractivity contribution in [1.29, 1.82) is 0 Å². The molecule has 0 aliphatic heterocycles. The van der Waals surface area contributed by atoms with E-state index in [2.05, 4.69) is 10.3 Å². The highest BCUT2D eigenvalue weighted by Gasteiger charge is 2.15. The van der Waals surface area contributed by atoms with Crippen LogP contribution >= 0.6 is 23.2 Å². The molecule has 5 heteroatoms. The number of benzene rings is 2. The zero-order chi connectivity index (χ0) is 15.7.